The highest BCUT2D eigenvalue weighted by atomic mass is 16.5. The number of hydrogen-bond acceptors (Lipinski definition) is 3. The summed E-state index contributed by atoms with van der Waals surface area (Å²) in [7, 11) is 0. The van der Waals surface area contributed by atoms with Crippen molar-refractivity contribution in [1.29, 1.82) is 0 Å². The Morgan fingerprint density at radius 3 is 2.72 bits per heavy atom. The molecule has 0 radical (unpaired) electrons. The van der Waals surface area contributed by atoms with Gasteiger partial charge in [-0.2, -0.15) is 0 Å². The molecule has 0 aliphatic carbocycles. The highest BCUT2D eigenvalue weighted by Gasteiger charge is 2.08. The van der Waals surface area contributed by atoms with Gasteiger partial charge >= 0.3 is 0 Å². The average molecular weight is 243 g/mol. The van der Waals surface area contributed by atoms with E-state index in [2.05, 4.69) is 24.9 Å². The summed E-state index contributed by atoms with van der Waals surface area (Å²) in [5, 5.41) is 9.05. The molecule has 0 spiro atoms. The molecule has 0 amide bonds. The topological polar surface area (TPSA) is 42.4 Å². The van der Waals surface area contributed by atoms with E-state index in [-0.39, 0.29) is 6.61 Å². The van der Waals surface area contributed by atoms with E-state index < -0.39 is 0 Å². The minimum atomic E-state index is -0.0803. The summed E-state index contributed by atoms with van der Waals surface area (Å²) in [6, 6.07) is 11.5. The van der Waals surface area contributed by atoms with Crippen LogP contribution in [-0.2, 0) is 6.61 Å². The standard InChI is InChI=1S/C15H17NO2/c1-11(2)14-5-3-4-6-15(14)18-13-7-8-16-12(9-13)10-17/h3-9,11,17H,10H2,1-2H3. The molecule has 0 unspecified atom stereocenters. The minimum absolute atomic E-state index is 0.0803. The molecule has 0 atom stereocenters. The second kappa shape index (κ2) is 5.65. The number of ether oxygens (including phenoxy) is 1. The van der Waals surface area contributed by atoms with E-state index in [4.69, 9.17) is 9.84 Å². The molecule has 0 fully saturated rings. The van der Waals surface area contributed by atoms with Crippen LogP contribution in [0, 0.1) is 0 Å². The summed E-state index contributed by atoms with van der Waals surface area (Å²) >= 11 is 0. The maximum Gasteiger partial charge on any atom is 0.130 e. The fourth-order valence-electron chi connectivity index (χ4n) is 1.78. The molecule has 0 saturated carbocycles. The predicted molar refractivity (Wildman–Crippen MR) is 70.8 cm³/mol. The van der Waals surface area contributed by atoms with Gasteiger partial charge in [0.15, 0.2) is 0 Å². The third-order valence-corrected chi connectivity index (χ3v) is 2.72. The molecular weight excluding hydrogens is 226 g/mol. The second-order valence-corrected chi connectivity index (χ2v) is 4.44. The van der Waals surface area contributed by atoms with E-state index in [1.54, 1.807) is 18.3 Å². The molecule has 1 N–H and O–H groups in total. The van der Waals surface area contributed by atoms with E-state index in [9.17, 15) is 0 Å². The molecule has 94 valence electrons. The summed E-state index contributed by atoms with van der Waals surface area (Å²) < 4.78 is 5.86. The van der Waals surface area contributed by atoms with Crippen molar-refractivity contribution in [2.24, 2.45) is 0 Å². The molecule has 2 rings (SSSR count). The molecular formula is C15H17NO2. The number of hydrogen-bond donors (Lipinski definition) is 1. The number of rotatable bonds is 4. The van der Waals surface area contributed by atoms with Gasteiger partial charge in [-0.05, 0) is 23.6 Å². The van der Waals surface area contributed by atoms with E-state index in [0.29, 0.717) is 17.4 Å². The fraction of sp³-hybridized carbons (Fsp3) is 0.267. The zero-order valence-electron chi connectivity index (χ0n) is 10.6. The Kier molecular flexibility index (Phi) is 3.95. The summed E-state index contributed by atoms with van der Waals surface area (Å²) in [6.45, 7) is 4.19. The second-order valence-electron chi connectivity index (χ2n) is 4.44. The molecule has 1 heterocycles. The Morgan fingerprint density at radius 1 is 1.22 bits per heavy atom. The van der Waals surface area contributed by atoms with Crippen molar-refractivity contribution < 1.29 is 9.84 Å². The number of pyridine rings is 1. The maximum absolute atomic E-state index is 9.05. The Labute approximate surface area is 107 Å². The van der Waals surface area contributed by atoms with Gasteiger partial charge in [-0.25, -0.2) is 0 Å². The van der Waals surface area contributed by atoms with E-state index in [1.165, 1.54) is 5.56 Å². The van der Waals surface area contributed by atoms with Crippen LogP contribution >= 0.6 is 0 Å². The number of nitrogens with zero attached hydrogens (tertiary/aromatic N) is 1. The first kappa shape index (κ1) is 12.6. The summed E-state index contributed by atoms with van der Waals surface area (Å²) in [5.41, 5.74) is 1.77. The molecule has 18 heavy (non-hydrogen) atoms. The van der Waals surface area contributed by atoms with Gasteiger partial charge < -0.3 is 9.84 Å². The molecule has 2 aromatic rings. The van der Waals surface area contributed by atoms with Gasteiger partial charge in [0.05, 0.1) is 12.3 Å². The first-order valence-corrected chi connectivity index (χ1v) is 6.03. The van der Waals surface area contributed by atoms with Crippen LogP contribution in [0.1, 0.15) is 31.0 Å². The van der Waals surface area contributed by atoms with Crippen LogP contribution in [-0.4, -0.2) is 10.1 Å². The van der Waals surface area contributed by atoms with Crippen LogP contribution in [0.5, 0.6) is 11.5 Å². The smallest absolute Gasteiger partial charge is 0.130 e. The fourth-order valence-corrected chi connectivity index (χ4v) is 1.78. The van der Waals surface area contributed by atoms with Gasteiger partial charge in [-0.15, -0.1) is 0 Å². The Bertz CT molecular complexity index is 523. The van der Waals surface area contributed by atoms with Crippen LogP contribution in [0.25, 0.3) is 0 Å². The third kappa shape index (κ3) is 2.87. The van der Waals surface area contributed by atoms with Crippen LogP contribution in [0.15, 0.2) is 42.6 Å². The molecule has 3 nitrogen and oxygen atoms in total. The molecule has 1 aromatic carbocycles. The lowest BCUT2D eigenvalue weighted by atomic mass is 10.0. The lowest BCUT2D eigenvalue weighted by Gasteiger charge is -2.13. The van der Waals surface area contributed by atoms with Gasteiger partial charge in [0, 0.05) is 12.3 Å². The number of aliphatic hydroxyl groups excluding tert-OH is 1. The predicted octanol–water partition coefficient (Wildman–Crippen LogP) is 3.49. The van der Waals surface area contributed by atoms with Crippen molar-refractivity contribution in [3.05, 3.63) is 53.9 Å². The van der Waals surface area contributed by atoms with Crippen LogP contribution < -0.4 is 4.74 Å². The normalized spacial score (nSPS) is 10.7. The quantitative estimate of drug-likeness (QED) is 0.893. The zero-order chi connectivity index (χ0) is 13.0. The van der Waals surface area contributed by atoms with Gasteiger partial charge in [0.1, 0.15) is 11.5 Å². The SMILES string of the molecule is CC(C)c1ccccc1Oc1ccnc(CO)c1. The Hall–Kier alpha value is -1.87. The van der Waals surface area contributed by atoms with Crippen LogP contribution in [0.2, 0.25) is 0 Å². The minimum Gasteiger partial charge on any atom is -0.457 e. The van der Waals surface area contributed by atoms with E-state index in [1.807, 2.05) is 18.2 Å². The first-order valence-electron chi connectivity index (χ1n) is 6.03. The number of para-hydroxylation sites is 1. The van der Waals surface area contributed by atoms with E-state index in [0.717, 1.165) is 5.75 Å². The summed E-state index contributed by atoms with van der Waals surface area (Å²) in [5.74, 6) is 1.95. The average Bonchev–Trinajstić information content (AvgIpc) is 2.39. The van der Waals surface area contributed by atoms with Gasteiger partial charge in [-0.3, -0.25) is 4.98 Å². The largest absolute Gasteiger partial charge is 0.457 e. The third-order valence-electron chi connectivity index (χ3n) is 2.72. The molecule has 0 saturated heterocycles. The van der Waals surface area contributed by atoms with Crippen molar-refractivity contribution in [3.63, 3.8) is 0 Å². The Morgan fingerprint density at radius 2 is 2.00 bits per heavy atom. The van der Waals surface area contributed by atoms with Gasteiger partial charge in [-0.1, -0.05) is 32.0 Å². The lowest BCUT2D eigenvalue weighted by molar-refractivity contribution is 0.276. The molecule has 0 aliphatic heterocycles. The van der Waals surface area contributed by atoms with Crippen molar-refractivity contribution >= 4 is 0 Å². The van der Waals surface area contributed by atoms with Gasteiger partial charge in [0.2, 0.25) is 0 Å². The first-order chi connectivity index (χ1) is 8.70. The van der Waals surface area contributed by atoms with Crippen molar-refractivity contribution in [1.82, 2.24) is 4.98 Å². The molecule has 0 aliphatic rings. The molecule has 3 heteroatoms. The number of aliphatic hydroxyl groups is 1. The number of aromatic nitrogens is 1. The van der Waals surface area contributed by atoms with E-state index >= 15 is 0 Å². The highest BCUT2D eigenvalue weighted by molar-refractivity contribution is 5.39. The number of benzene rings is 1. The summed E-state index contributed by atoms with van der Waals surface area (Å²) in [4.78, 5) is 4.03. The molecule has 1 aromatic heterocycles. The van der Waals surface area contributed by atoms with Crippen molar-refractivity contribution in [3.8, 4) is 11.5 Å². The van der Waals surface area contributed by atoms with Crippen molar-refractivity contribution in [2.45, 2.75) is 26.4 Å². The van der Waals surface area contributed by atoms with Crippen LogP contribution in [0.4, 0.5) is 0 Å². The van der Waals surface area contributed by atoms with Crippen LogP contribution in [0.3, 0.4) is 0 Å². The Balaban J connectivity index is 2.28. The maximum atomic E-state index is 9.05. The zero-order valence-corrected chi connectivity index (χ0v) is 10.6. The molecule has 0 bridgehead atoms. The summed E-state index contributed by atoms with van der Waals surface area (Å²) in [6.07, 6.45) is 1.64. The highest BCUT2D eigenvalue weighted by Crippen LogP contribution is 2.30. The monoisotopic (exact) mass is 243 g/mol. The lowest BCUT2D eigenvalue weighted by Crippen LogP contribution is -1.95. The van der Waals surface area contributed by atoms with Crippen molar-refractivity contribution in [2.75, 3.05) is 0 Å². The van der Waals surface area contributed by atoms with Gasteiger partial charge in [0.25, 0.3) is 0 Å².